The van der Waals surface area contributed by atoms with Gasteiger partial charge in [-0.1, -0.05) is 0 Å². The van der Waals surface area contributed by atoms with Gasteiger partial charge in [0.1, 0.15) is 0 Å². The molecular weight excluding hydrogens is 152 g/mol. The van der Waals surface area contributed by atoms with Crippen molar-refractivity contribution in [2.45, 2.75) is 19.1 Å². The van der Waals surface area contributed by atoms with Crippen LogP contribution in [0.25, 0.3) is 0 Å². The lowest BCUT2D eigenvalue weighted by Crippen LogP contribution is -2.31. The molecule has 0 saturated heterocycles. The molecule has 10 heavy (non-hydrogen) atoms. The van der Waals surface area contributed by atoms with Crippen LogP contribution in [-0.4, -0.2) is 26.0 Å². The van der Waals surface area contributed by atoms with E-state index in [2.05, 4.69) is 5.43 Å². The van der Waals surface area contributed by atoms with Gasteiger partial charge in [-0.15, -0.1) is 0 Å². The lowest BCUT2D eigenvalue weighted by molar-refractivity contribution is 0.583. The highest BCUT2D eigenvalue weighted by atomic mass is 32.2. The Morgan fingerprint density at radius 2 is 2.00 bits per heavy atom. The molecule has 0 saturated carbocycles. The molecule has 0 radical (unpaired) electrons. The number of hydrogen-bond donors (Lipinski definition) is 2. The van der Waals surface area contributed by atoms with Crippen LogP contribution in [0.1, 0.15) is 13.8 Å². The summed E-state index contributed by atoms with van der Waals surface area (Å²) in [6, 6.07) is 0. The molecule has 5 heteroatoms. The summed E-state index contributed by atoms with van der Waals surface area (Å²) in [5, 5.41) is -0.305. The molecule has 0 aliphatic rings. The number of nitrogens with one attached hydrogen (secondary N) is 1. The molecule has 62 valence electrons. The van der Waals surface area contributed by atoms with Gasteiger partial charge >= 0.3 is 0 Å². The van der Waals surface area contributed by atoms with Gasteiger partial charge in [0.2, 0.25) is 0 Å². The molecule has 0 aromatic carbocycles. The van der Waals surface area contributed by atoms with Gasteiger partial charge in [-0.3, -0.25) is 11.3 Å². The van der Waals surface area contributed by atoms with Gasteiger partial charge in [0.15, 0.2) is 9.84 Å². The first kappa shape index (κ1) is 9.87. The molecule has 0 heterocycles. The molecule has 0 aliphatic heterocycles. The molecule has 0 spiro atoms. The van der Waals surface area contributed by atoms with Crippen molar-refractivity contribution in [1.82, 2.24) is 5.43 Å². The summed E-state index contributed by atoms with van der Waals surface area (Å²) in [6.45, 7) is 3.64. The minimum absolute atomic E-state index is 0.112. The van der Waals surface area contributed by atoms with Crippen molar-refractivity contribution < 1.29 is 8.42 Å². The predicted molar refractivity (Wildman–Crippen MR) is 41.1 cm³/mol. The standard InChI is InChI=1S/C5H14N2O2S/c1-5(2)10(8,9)4-3-7-6/h5,7H,3-4,6H2,1-2H3. The van der Waals surface area contributed by atoms with Gasteiger partial charge in [-0.2, -0.15) is 0 Å². The SMILES string of the molecule is CC(C)S(=O)(=O)CCNN. The predicted octanol–water partition coefficient (Wildman–Crippen LogP) is -0.727. The van der Waals surface area contributed by atoms with Crippen LogP contribution in [0.15, 0.2) is 0 Å². The topological polar surface area (TPSA) is 72.2 Å². The summed E-state index contributed by atoms with van der Waals surface area (Å²) >= 11 is 0. The Labute approximate surface area is 61.7 Å². The van der Waals surface area contributed by atoms with Gasteiger partial charge in [-0.05, 0) is 13.8 Å². The summed E-state index contributed by atoms with van der Waals surface area (Å²) in [4.78, 5) is 0. The normalized spacial score (nSPS) is 12.4. The first-order valence-corrected chi connectivity index (χ1v) is 4.87. The molecule has 4 nitrogen and oxygen atoms in total. The fraction of sp³-hybridized carbons (Fsp3) is 1.00. The van der Waals surface area contributed by atoms with Crippen molar-refractivity contribution in [3.8, 4) is 0 Å². The van der Waals surface area contributed by atoms with E-state index in [0.29, 0.717) is 6.54 Å². The molecule has 0 amide bonds. The Bertz CT molecular complexity index is 174. The minimum Gasteiger partial charge on any atom is -0.271 e. The van der Waals surface area contributed by atoms with Crippen LogP contribution in [-0.2, 0) is 9.84 Å². The maximum absolute atomic E-state index is 11.0. The molecule has 3 N–H and O–H groups in total. The number of nitrogens with two attached hydrogens (primary N) is 1. The van der Waals surface area contributed by atoms with Crippen molar-refractivity contribution in [1.29, 1.82) is 0 Å². The van der Waals surface area contributed by atoms with Crippen molar-refractivity contribution in [2.24, 2.45) is 5.84 Å². The first-order valence-electron chi connectivity index (χ1n) is 3.15. The lowest BCUT2D eigenvalue weighted by atomic mass is 10.6. The van der Waals surface area contributed by atoms with Crippen molar-refractivity contribution in [2.75, 3.05) is 12.3 Å². The average molecular weight is 166 g/mol. The average Bonchev–Trinajstić information content (AvgIpc) is 1.84. The van der Waals surface area contributed by atoms with Crippen LogP contribution in [0.2, 0.25) is 0 Å². The fourth-order valence-corrected chi connectivity index (χ4v) is 1.31. The van der Waals surface area contributed by atoms with E-state index in [4.69, 9.17) is 5.84 Å². The Morgan fingerprint density at radius 3 is 2.30 bits per heavy atom. The van der Waals surface area contributed by atoms with E-state index in [1.807, 2.05) is 0 Å². The second-order valence-corrected chi connectivity index (χ2v) is 5.05. The van der Waals surface area contributed by atoms with E-state index in [-0.39, 0.29) is 11.0 Å². The first-order chi connectivity index (χ1) is 4.50. The zero-order valence-electron chi connectivity index (χ0n) is 6.29. The van der Waals surface area contributed by atoms with Gasteiger partial charge in [-0.25, -0.2) is 8.42 Å². The largest absolute Gasteiger partial charge is 0.271 e. The third-order valence-electron chi connectivity index (χ3n) is 1.25. The van der Waals surface area contributed by atoms with E-state index in [9.17, 15) is 8.42 Å². The van der Waals surface area contributed by atoms with Crippen LogP contribution >= 0.6 is 0 Å². The third-order valence-corrected chi connectivity index (χ3v) is 3.46. The van der Waals surface area contributed by atoms with Crippen LogP contribution in [0, 0.1) is 0 Å². The Balaban J connectivity index is 3.90. The summed E-state index contributed by atoms with van der Waals surface area (Å²) in [6.07, 6.45) is 0. The highest BCUT2D eigenvalue weighted by Crippen LogP contribution is 1.98. The molecule has 0 atom stereocenters. The van der Waals surface area contributed by atoms with E-state index in [1.165, 1.54) is 0 Å². The van der Waals surface area contributed by atoms with Crippen molar-refractivity contribution >= 4 is 9.84 Å². The summed E-state index contributed by atoms with van der Waals surface area (Å²) in [5.74, 6) is 5.03. The van der Waals surface area contributed by atoms with Crippen LogP contribution in [0.5, 0.6) is 0 Å². The molecule has 0 aromatic heterocycles. The second kappa shape index (κ2) is 3.90. The van der Waals surface area contributed by atoms with E-state index in [1.54, 1.807) is 13.8 Å². The number of hydrogen-bond acceptors (Lipinski definition) is 4. The molecule has 0 fully saturated rings. The van der Waals surface area contributed by atoms with Crippen LogP contribution < -0.4 is 11.3 Å². The van der Waals surface area contributed by atoms with E-state index < -0.39 is 9.84 Å². The lowest BCUT2D eigenvalue weighted by Gasteiger charge is -2.05. The Morgan fingerprint density at radius 1 is 1.50 bits per heavy atom. The van der Waals surface area contributed by atoms with E-state index >= 15 is 0 Å². The maximum Gasteiger partial charge on any atom is 0.153 e. The number of hydrazine groups is 1. The monoisotopic (exact) mass is 166 g/mol. The van der Waals surface area contributed by atoms with Gasteiger partial charge in [0, 0.05) is 6.54 Å². The zero-order valence-corrected chi connectivity index (χ0v) is 7.11. The van der Waals surface area contributed by atoms with Gasteiger partial charge in [0.05, 0.1) is 11.0 Å². The smallest absolute Gasteiger partial charge is 0.153 e. The zero-order chi connectivity index (χ0) is 8.20. The second-order valence-electron chi connectivity index (χ2n) is 2.37. The van der Waals surface area contributed by atoms with Crippen molar-refractivity contribution in [3.63, 3.8) is 0 Å². The van der Waals surface area contributed by atoms with Gasteiger partial charge in [0.25, 0.3) is 0 Å². The molecule has 0 aliphatic carbocycles. The van der Waals surface area contributed by atoms with Gasteiger partial charge < -0.3 is 0 Å². The van der Waals surface area contributed by atoms with Crippen LogP contribution in [0.4, 0.5) is 0 Å². The molecule has 0 bridgehead atoms. The summed E-state index contributed by atoms with van der Waals surface area (Å²) in [7, 11) is -2.90. The number of rotatable bonds is 4. The molecule has 0 aromatic rings. The summed E-state index contributed by atoms with van der Waals surface area (Å²) in [5.41, 5.74) is 2.30. The summed E-state index contributed by atoms with van der Waals surface area (Å²) < 4.78 is 22.0. The Kier molecular flexibility index (Phi) is 3.85. The highest BCUT2D eigenvalue weighted by Gasteiger charge is 2.14. The highest BCUT2D eigenvalue weighted by molar-refractivity contribution is 7.92. The number of sulfone groups is 1. The maximum atomic E-state index is 11.0. The van der Waals surface area contributed by atoms with Crippen LogP contribution in [0.3, 0.4) is 0 Å². The fourth-order valence-electron chi connectivity index (χ4n) is 0.437. The molecule has 0 unspecified atom stereocenters. The third kappa shape index (κ3) is 3.14. The Hall–Kier alpha value is -0.130. The molecule has 0 rings (SSSR count). The van der Waals surface area contributed by atoms with E-state index in [0.717, 1.165) is 0 Å². The minimum atomic E-state index is -2.90. The van der Waals surface area contributed by atoms with Crippen molar-refractivity contribution in [3.05, 3.63) is 0 Å². The quantitative estimate of drug-likeness (QED) is 0.427. The molecular formula is C5H14N2O2S.